The van der Waals surface area contributed by atoms with E-state index in [-0.39, 0.29) is 0 Å². The smallest absolute Gasteiger partial charge is 0.191 e. The Balaban J connectivity index is 1.59. The highest BCUT2D eigenvalue weighted by Crippen LogP contribution is 2.10. The number of nitrogens with one attached hydrogen (secondary N) is 2. The molecule has 5 nitrogen and oxygen atoms in total. The number of hydrogen-bond donors (Lipinski definition) is 2. The van der Waals surface area contributed by atoms with Gasteiger partial charge < -0.3 is 20.1 Å². The van der Waals surface area contributed by atoms with Gasteiger partial charge in [-0.15, -0.1) is 0 Å². The van der Waals surface area contributed by atoms with Crippen molar-refractivity contribution in [3.8, 4) is 5.75 Å². The van der Waals surface area contributed by atoms with E-state index >= 15 is 0 Å². The van der Waals surface area contributed by atoms with Crippen molar-refractivity contribution >= 4 is 5.96 Å². The number of ether oxygens (including phenoxy) is 2. The van der Waals surface area contributed by atoms with E-state index in [9.17, 15) is 0 Å². The molecule has 20 heavy (non-hydrogen) atoms. The van der Waals surface area contributed by atoms with Gasteiger partial charge in [-0.1, -0.05) is 18.2 Å². The van der Waals surface area contributed by atoms with Crippen LogP contribution in [0.5, 0.6) is 5.75 Å². The van der Waals surface area contributed by atoms with E-state index in [4.69, 9.17) is 9.47 Å². The maximum atomic E-state index is 5.61. The molecule has 1 saturated heterocycles. The summed E-state index contributed by atoms with van der Waals surface area (Å²) in [6, 6.07) is 9.80. The Morgan fingerprint density at radius 3 is 2.90 bits per heavy atom. The number of para-hydroxylation sites is 1. The van der Waals surface area contributed by atoms with Crippen molar-refractivity contribution in [2.24, 2.45) is 4.99 Å². The molecular formula is C15H23N3O2. The van der Waals surface area contributed by atoms with E-state index in [1.807, 2.05) is 30.3 Å². The number of aliphatic imine (C=N–C) groups is 1. The lowest BCUT2D eigenvalue weighted by molar-refractivity contribution is 0.114. The van der Waals surface area contributed by atoms with Crippen molar-refractivity contribution in [1.82, 2.24) is 10.6 Å². The molecule has 0 spiro atoms. The summed E-state index contributed by atoms with van der Waals surface area (Å²) in [7, 11) is 1.77. The van der Waals surface area contributed by atoms with E-state index in [0.29, 0.717) is 19.3 Å². The lowest BCUT2D eigenvalue weighted by atomic mass is 10.2. The second-order valence-corrected chi connectivity index (χ2v) is 4.68. The predicted molar refractivity (Wildman–Crippen MR) is 80.3 cm³/mol. The van der Waals surface area contributed by atoms with Gasteiger partial charge in [0.25, 0.3) is 0 Å². The first-order valence-corrected chi connectivity index (χ1v) is 7.12. The largest absolute Gasteiger partial charge is 0.492 e. The van der Waals surface area contributed by atoms with Crippen molar-refractivity contribution in [3.63, 3.8) is 0 Å². The second-order valence-electron chi connectivity index (χ2n) is 4.68. The third kappa shape index (κ3) is 5.09. The Hall–Kier alpha value is -1.75. The van der Waals surface area contributed by atoms with Crippen LogP contribution < -0.4 is 15.4 Å². The highest BCUT2D eigenvalue weighted by molar-refractivity contribution is 5.79. The molecule has 0 amide bonds. The van der Waals surface area contributed by atoms with Gasteiger partial charge in [0.05, 0.1) is 12.6 Å². The summed E-state index contributed by atoms with van der Waals surface area (Å²) in [5.41, 5.74) is 0. The maximum Gasteiger partial charge on any atom is 0.191 e. The van der Waals surface area contributed by atoms with Crippen molar-refractivity contribution in [2.45, 2.75) is 18.9 Å². The minimum atomic E-state index is 0.314. The van der Waals surface area contributed by atoms with Crippen LogP contribution in [0.3, 0.4) is 0 Å². The molecular weight excluding hydrogens is 254 g/mol. The van der Waals surface area contributed by atoms with Crippen molar-refractivity contribution in [2.75, 3.05) is 33.4 Å². The van der Waals surface area contributed by atoms with Crippen LogP contribution in [0.2, 0.25) is 0 Å². The van der Waals surface area contributed by atoms with Gasteiger partial charge in [0.15, 0.2) is 5.96 Å². The van der Waals surface area contributed by atoms with Crippen LogP contribution in [-0.4, -0.2) is 45.4 Å². The monoisotopic (exact) mass is 277 g/mol. The van der Waals surface area contributed by atoms with Crippen LogP contribution in [0.25, 0.3) is 0 Å². The number of rotatable bonds is 6. The van der Waals surface area contributed by atoms with Crippen LogP contribution >= 0.6 is 0 Å². The molecule has 1 unspecified atom stereocenters. The molecule has 1 aliphatic rings. The Morgan fingerprint density at radius 2 is 2.20 bits per heavy atom. The Labute approximate surface area is 120 Å². The molecule has 0 radical (unpaired) electrons. The van der Waals surface area contributed by atoms with Gasteiger partial charge in [0, 0.05) is 20.2 Å². The highest BCUT2D eigenvalue weighted by Gasteiger charge is 2.15. The summed E-state index contributed by atoms with van der Waals surface area (Å²) >= 11 is 0. The van der Waals surface area contributed by atoms with E-state index in [2.05, 4.69) is 15.6 Å². The number of guanidine groups is 1. The molecule has 0 bridgehead atoms. The predicted octanol–water partition coefficient (Wildman–Crippen LogP) is 1.41. The first-order valence-electron chi connectivity index (χ1n) is 7.12. The molecule has 0 saturated carbocycles. The van der Waals surface area contributed by atoms with Gasteiger partial charge in [-0.05, 0) is 25.0 Å². The van der Waals surface area contributed by atoms with Crippen molar-refractivity contribution in [3.05, 3.63) is 30.3 Å². The van der Waals surface area contributed by atoms with Gasteiger partial charge in [0.1, 0.15) is 12.4 Å². The molecule has 2 rings (SSSR count). The van der Waals surface area contributed by atoms with Gasteiger partial charge >= 0.3 is 0 Å². The van der Waals surface area contributed by atoms with E-state index in [1.165, 1.54) is 0 Å². The van der Waals surface area contributed by atoms with Crippen LogP contribution in [0.1, 0.15) is 12.8 Å². The van der Waals surface area contributed by atoms with E-state index in [1.54, 1.807) is 7.05 Å². The van der Waals surface area contributed by atoms with Crippen molar-refractivity contribution in [1.29, 1.82) is 0 Å². The third-order valence-corrected chi connectivity index (χ3v) is 3.15. The normalized spacial score (nSPS) is 18.9. The topological polar surface area (TPSA) is 54.9 Å². The van der Waals surface area contributed by atoms with E-state index < -0.39 is 0 Å². The minimum Gasteiger partial charge on any atom is -0.492 e. The fraction of sp³-hybridized carbons (Fsp3) is 0.533. The van der Waals surface area contributed by atoms with Gasteiger partial charge in [-0.25, -0.2) is 0 Å². The first kappa shape index (κ1) is 14.7. The van der Waals surface area contributed by atoms with Gasteiger partial charge in [-0.3, -0.25) is 4.99 Å². The van der Waals surface area contributed by atoms with Crippen molar-refractivity contribution < 1.29 is 9.47 Å². The zero-order chi connectivity index (χ0) is 14.0. The number of hydrogen-bond acceptors (Lipinski definition) is 3. The molecule has 1 aromatic rings. The molecule has 5 heteroatoms. The highest BCUT2D eigenvalue weighted by atomic mass is 16.5. The molecule has 0 aliphatic carbocycles. The molecule has 1 fully saturated rings. The minimum absolute atomic E-state index is 0.314. The quantitative estimate of drug-likeness (QED) is 0.469. The SMILES string of the molecule is CN=C(NCCOc1ccccc1)NCC1CCCO1. The summed E-state index contributed by atoms with van der Waals surface area (Å²) in [6.07, 6.45) is 2.60. The fourth-order valence-electron chi connectivity index (χ4n) is 2.09. The molecule has 0 aromatic heterocycles. The summed E-state index contributed by atoms with van der Waals surface area (Å²) in [5, 5.41) is 6.49. The lowest BCUT2D eigenvalue weighted by Crippen LogP contribution is -2.42. The van der Waals surface area contributed by atoms with Crippen LogP contribution in [-0.2, 0) is 4.74 Å². The summed E-state index contributed by atoms with van der Waals surface area (Å²) in [5.74, 6) is 1.67. The first-order chi connectivity index (χ1) is 9.88. The molecule has 1 heterocycles. The molecule has 110 valence electrons. The third-order valence-electron chi connectivity index (χ3n) is 3.15. The number of benzene rings is 1. The summed E-state index contributed by atoms with van der Waals surface area (Å²) in [6.45, 7) is 2.99. The average molecular weight is 277 g/mol. The Morgan fingerprint density at radius 1 is 1.35 bits per heavy atom. The standard InChI is InChI=1S/C15H23N3O2/c1-16-15(18-12-14-8-5-10-19-14)17-9-11-20-13-6-3-2-4-7-13/h2-4,6-7,14H,5,8-12H2,1H3,(H2,16,17,18). The lowest BCUT2D eigenvalue weighted by Gasteiger charge is -2.15. The maximum absolute atomic E-state index is 5.61. The molecule has 1 aromatic carbocycles. The van der Waals surface area contributed by atoms with Gasteiger partial charge in [-0.2, -0.15) is 0 Å². The van der Waals surface area contributed by atoms with Crippen LogP contribution in [0, 0.1) is 0 Å². The van der Waals surface area contributed by atoms with E-state index in [0.717, 1.165) is 37.7 Å². The number of nitrogens with zero attached hydrogens (tertiary/aromatic N) is 1. The average Bonchev–Trinajstić information content (AvgIpc) is 3.01. The Kier molecular flexibility index (Phi) is 6.17. The fourth-order valence-corrected chi connectivity index (χ4v) is 2.09. The zero-order valence-corrected chi connectivity index (χ0v) is 12.0. The Bertz CT molecular complexity index is 403. The summed E-state index contributed by atoms with van der Waals surface area (Å²) < 4.78 is 11.2. The van der Waals surface area contributed by atoms with Gasteiger partial charge in [0.2, 0.25) is 0 Å². The molecule has 1 aliphatic heterocycles. The molecule has 1 atom stereocenters. The second kappa shape index (κ2) is 8.43. The molecule has 2 N–H and O–H groups in total. The van der Waals surface area contributed by atoms with Crippen LogP contribution in [0.4, 0.5) is 0 Å². The van der Waals surface area contributed by atoms with Crippen LogP contribution in [0.15, 0.2) is 35.3 Å². The summed E-state index contributed by atoms with van der Waals surface area (Å²) in [4.78, 5) is 4.18. The zero-order valence-electron chi connectivity index (χ0n) is 12.0.